The van der Waals surface area contributed by atoms with Gasteiger partial charge in [0.2, 0.25) is 0 Å². The molecule has 0 aliphatic rings. The van der Waals surface area contributed by atoms with Crippen molar-refractivity contribution in [3.05, 3.63) is 0 Å². The van der Waals surface area contributed by atoms with Gasteiger partial charge in [-0.1, -0.05) is 19.3 Å². The highest BCUT2D eigenvalue weighted by Gasteiger charge is 2.27. The molecule has 0 unspecified atom stereocenters. The van der Waals surface area contributed by atoms with Crippen LogP contribution in [0, 0.1) is 0 Å². The van der Waals surface area contributed by atoms with Gasteiger partial charge in [0.05, 0.1) is 0 Å². The molecule has 3 nitrogen and oxygen atoms in total. The minimum absolute atomic E-state index is 0.878. The SMILES string of the molecule is COCCCCCC[Si](C)(OC)OC. The predicted molar refractivity (Wildman–Crippen MR) is 60.8 cm³/mol. The molecule has 0 amide bonds. The van der Waals surface area contributed by atoms with Gasteiger partial charge in [-0.05, 0) is 19.0 Å². The summed E-state index contributed by atoms with van der Waals surface area (Å²) in [7, 11) is 3.45. The molecule has 0 fully saturated rings. The summed E-state index contributed by atoms with van der Waals surface area (Å²) in [6.07, 6.45) is 4.85. The lowest BCUT2D eigenvalue weighted by molar-refractivity contribution is 0.192. The van der Waals surface area contributed by atoms with E-state index < -0.39 is 8.56 Å². The van der Waals surface area contributed by atoms with E-state index >= 15 is 0 Å². The highest BCUT2D eigenvalue weighted by molar-refractivity contribution is 6.65. The summed E-state index contributed by atoms with van der Waals surface area (Å²) in [6, 6.07) is 1.09. The van der Waals surface area contributed by atoms with Crippen LogP contribution in [-0.4, -0.2) is 36.5 Å². The fourth-order valence-corrected chi connectivity index (χ4v) is 2.80. The molecule has 0 heterocycles. The Hall–Kier alpha value is 0.0969. The molecule has 86 valence electrons. The van der Waals surface area contributed by atoms with Crippen molar-refractivity contribution in [1.82, 2.24) is 0 Å². The molecule has 0 aliphatic carbocycles. The first kappa shape index (κ1) is 14.1. The lowest BCUT2D eigenvalue weighted by atomic mass is 10.2. The maximum atomic E-state index is 5.41. The topological polar surface area (TPSA) is 27.7 Å². The number of methoxy groups -OCH3 is 1. The highest BCUT2D eigenvalue weighted by Crippen LogP contribution is 2.16. The lowest BCUT2D eigenvalue weighted by Gasteiger charge is -2.22. The molecule has 0 bridgehead atoms. The second-order valence-electron chi connectivity index (χ2n) is 3.70. The van der Waals surface area contributed by atoms with Crippen molar-refractivity contribution in [3.63, 3.8) is 0 Å². The minimum atomic E-state index is -1.80. The summed E-state index contributed by atoms with van der Waals surface area (Å²) in [4.78, 5) is 0. The van der Waals surface area contributed by atoms with Crippen molar-refractivity contribution in [1.29, 1.82) is 0 Å². The van der Waals surface area contributed by atoms with Crippen molar-refractivity contribution in [2.24, 2.45) is 0 Å². The third-order valence-electron chi connectivity index (χ3n) is 2.59. The molecule has 0 aromatic heterocycles. The first-order chi connectivity index (χ1) is 6.68. The van der Waals surface area contributed by atoms with Gasteiger partial charge < -0.3 is 13.6 Å². The Bertz CT molecular complexity index is 127. The molecule has 0 saturated heterocycles. The van der Waals surface area contributed by atoms with Crippen LogP contribution < -0.4 is 0 Å². The van der Waals surface area contributed by atoms with E-state index in [9.17, 15) is 0 Å². The molecule has 0 atom stereocenters. The number of unbranched alkanes of at least 4 members (excludes halogenated alkanes) is 3. The second-order valence-corrected chi connectivity index (χ2v) is 7.28. The fraction of sp³-hybridized carbons (Fsp3) is 1.00. The largest absolute Gasteiger partial charge is 0.398 e. The summed E-state index contributed by atoms with van der Waals surface area (Å²) in [5.74, 6) is 0. The van der Waals surface area contributed by atoms with E-state index in [2.05, 4.69) is 6.55 Å². The van der Waals surface area contributed by atoms with Crippen LogP contribution in [0.15, 0.2) is 0 Å². The van der Waals surface area contributed by atoms with Crippen LogP contribution in [0.3, 0.4) is 0 Å². The van der Waals surface area contributed by atoms with Gasteiger partial charge in [0.25, 0.3) is 0 Å². The fourth-order valence-electron chi connectivity index (χ4n) is 1.33. The minimum Gasteiger partial charge on any atom is -0.398 e. The van der Waals surface area contributed by atoms with Gasteiger partial charge >= 0.3 is 8.56 Å². The Balaban J connectivity index is 3.34. The maximum Gasteiger partial charge on any atom is 0.334 e. The molecular weight excluding hydrogens is 196 g/mol. The zero-order valence-electron chi connectivity index (χ0n) is 9.97. The van der Waals surface area contributed by atoms with Gasteiger partial charge in [-0.2, -0.15) is 0 Å². The Kier molecular flexibility index (Phi) is 8.47. The van der Waals surface area contributed by atoms with Crippen LogP contribution in [-0.2, 0) is 13.6 Å². The Labute approximate surface area is 89.0 Å². The molecule has 4 heteroatoms. The molecule has 0 aromatic carbocycles. The van der Waals surface area contributed by atoms with Gasteiger partial charge in [0.1, 0.15) is 0 Å². The van der Waals surface area contributed by atoms with Crippen LogP contribution in [0.5, 0.6) is 0 Å². The van der Waals surface area contributed by atoms with E-state index in [-0.39, 0.29) is 0 Å². The van der Waals surface area contributed by atoms with Crippen LogP contribution in [0.2, 0.25) is 12.6 Å². The van der Waals surface area contributed by atoms with Crippen molar-refractivity contribution in [3.8, 4) is 0 Å². The summed E-state index contributed by atoms with van der Waals surface area (Å²) < 4.78 is 15.8. The van der Waals surface area contributed by atoms with Crippen LogP contribution >= 0.6 is 0 Å². The predicted octanol–water partition coefficient (Wildman–Crippen LogP) is 2.56. The lowest BCUT2D eigenvalue weighted by Crippen LogP contribution is -2.35. The highest BCUT2D eigenvalue weighted by atomic mass is 28.4. The van der Waals surface area contributed by atoms with Crippen LogP contribution in [0.4, 0.5) is 0 Å². The third kappa shape index (κ3) is 6.54. The summed E-state index contributed by atoms with van der Waals surface area (Å²) in [6.45, 7) is 2.99. The average Bonchev–Trinajstić information content (AvgIpc) is 2.23. The van der Waals surface area contributed by atoms with Gasteiger partial charge in [0, 0.05) is 27.9 Å². The molecule has 0 radical (unpaired) electrons. The van der Waals surface area contributed by atoms with E-state index in [0.29, 0.717) is 0 Å². The number of hydrogen-bond donors (Lipinski definition) is 0. The van der Waals surface area contributed by atoms with E-state index in [1.165, 1.54) is 19.3 Å². The van der Waals surface area contributed by atoms with Gasteiger partial charge in [-0.3, -0.25) is 0 Å². The van der Waals surface area contributed by atoms with Gasteiger partial charge in [-0.25, -0.2) is 0 Å². The Morgan fingerprint density at radius 3 is 1.93 bits per heavy atom. The zero-order valence-corrected chi connectivity index (χ0v) is 11.0. The molecule has 0 rings (SSSR count). The summed E-state index contributed by atoms with van der Waals surface area (Å²) in [5.41, 5.74) is 0. The quantitative estimate of drug-likeness (QED) is 0.441. The first-order valence-corrected chi connectivity index (χ1v) is 7.80. The van der Waals surface area contributed by atoms with Crippen molar-refractivity contribution in [2.75, 3.05) is 27.9 Å². The number of ether oxygens (including phenoxy) is 1. The second kappa shape index (κ2) is 8.41. The van der Waals surface area contributed by atoms with Crippen molar-refractivity contribution >= 4 is 8.56 Å². The van der Waals surface area contributed by atoms with Gasteiger partial charge in [-0.15, -0.1) is 0 Å². The molecule has 0 N–H and O–H groups in total. The van der Waals surface area contributed by atoms with Crippen LogP contribution in [0.25, 0.3) is 0 Å². The number of rotatable bonds is 9. The Morgan fingerprint density at radius 2 is 1.43 bits per heavy atom. The monoisotopic (exact) mass is 220 g/mol. The molecule has 0 aliphatic heterocycles. The standard InChI is InChI=1S/C10H24O3Si/c1-11-9-7-5-6-8-10-14(4,12-2)13-3/h5-10H2,1-4H3. The van der Waals surface area contributed by atoms with E-state index in [4.69, 9.17) is 13.6 Å². The van der Waals surface area contributed by atoms with E-state index in [1.54, 1.807) is 21.3 Å². The van der Waals surface area contributed by atoms with Crippen LogP contribution in [0.1, 0.15) is 25.7 Å². The zero-order chi connectivity index (χ0) is 10.9. The summed E-state index contributed by atoms with van der Waals surface area (Å²) in [5, 5.41) is 0. The number of hydrogen-bond acceptors (Lipinski definition) is 3. The third-order valence-corrected chi connectivity index (χ3v) is 5.58. The normalized spacial score (nSPS) is 12.0. The molecule has 0 saturated carbocycles. The Morgan fingerprint density at radius 1 is 0.857 bits per heavy atom. The molecule has 14 heavy (non-hydrogen) atoms. The molecular formula is C10H24O3Si. The van der Waals surface area contributed by atoms with Gasteiger partial charge in [0.15, 0.2) is 0 Å². The smallest absolute Gasteiger partial charge is 0.334 e. The van der Waals surface area contributed by atoms with E-state index in [0.717, 1.165) is 19.1 Å². The first-order valence-electron chi connectivity index (χ1n) is 5.28. The molecule has 0 spiro atoms. The van der Waals surface area contributed by atoms with Crippen molar-refractivity contribution < 1.29 is 13.6 Å². The molecule has 0 aromatic rings. The van der Waals surface area contributed by atoms with E-state index in [1.807, 2.05) is 0 Å². The summed E-state index contributed by atoms with van der Waals surface area (Å²) >= 11 is 0. The van der Waals surface area contributed by atoms with Crippen molar-refractivity contribution in [2.45, 2.75) is 38.3 Å². The maximum absolute atomic E-state index is 5.41. The average molecular weight is 220 g/mol.